The zero-order valence-electron chi connectivity index (χ0n) is 17.2. The number of rotatable bonds is 4. The van der Waals surface area contributed by atoms with E-state index in [1.807, 2.05) is 45.0 Å². The van der Waals surface area contributed by atoms with Gasteiger partial charge < -0.3 is 19.5 Å². The molecule has 1 aliphatic rings. The zero-order chi connectivity index (χ0) is 21.0. The van der Waals surface area contributed by atoms with Crippen molar-refractivity contribution in [1.29, 1.82) is 0 Å². The van der Waals surface area contributed by atoms with Gasteiger partial charge in [0, 0.05) is 13.1 Å². The average molecular weight is 401 g/mol. The van der Waals surface area contributed by atoms with Gasteiger partial charge in [0.25, 0.3) is 0 Å². The molecule has 156 valence electrons. The monoisotopic (exact) mass is 401 g/mol. The fourth-order valence-electron chi connectivity index (χ4n) is 2.99. The van der Waals surface area contributed by atoms with Crippen molar-refractivity contribution in [2.45, 2.75) is 45.4 Å². The molecule has 0 radical (unpaired) electrons. The van der Waals surface area contributed by atoms with Gasteiger partial charge in [-0.2, -0.15) is 0 Å². The van der Waals surface area contributed by atoms with Crippen LogP contribution in [0.25, 0.3) is 6.08 Å². The van der Waals surface area contributed by atoms with E-state index in [4.69, 9.17) is 9.47 Å². The minimum Gasteiger partial charge on any atom is -0.497 e. The van der Waals surface area contributed by atoms with E-state index in [1.165, 1.54) is 0 Å². The number of carbonyl (C=O) groups is 1. The first kappa shape index (κ1) is 20.8. The minimum absolute atomic E-state index is 0.269. The Morgan fingerprint density at radius 3 is 2.69 bits per heavy atom. The molecule has 29 heavy (non-hydrogen) atoms. The summed E-state index contributed by atoms with van der Waals surface area (Å²) in [6, 6.07) is 7.64. The van der Waals surface area contributed by atoms with Crippen molar-refractivity contribution in [2.24, 2.45) is 0 Å². The lowest BCUT2D eigenvalue weighted by molar-refractivity contribution is 0.0191. The van der Waals surface area contributed by atoms with Crippen LogP contribution in [0.2, 0.25) is 0 Å². The summed E-state index contributed by atoms with van der Waals surface area (Å²) >= 11 is 0. The molecule has 2 aromatic rings. The maximum atomic E-state index is 12.4. The van der Waals surface area contributed by atoms with E-state index in [1.54, 1.807) is 22.8 Å². The summed E-state index contributed by atoms with van der Waals surface area (Å²) < 4.78 is 12.3. The van der Waals surface area contributed by atoms with E-state index in [0.717, 1.165) is 11.3 Å². The van der Waals surface area contributed by atoms with Gasteiger partial charge in [-0.1, -0.05) is 12.1 Å². The Balaban J connectivity index is 1.74. The molecule has 1 atom stereocenters. The van der Waals surface area contributed by atoms with Crippen LogP contribution in [0.15, 0.2) is 29.8 Å². The highest BCUT2D eigenvalue weighted by Gasteiger charge is 2.29. The number of aliphatic hydroxyl groups excluding tert-OH is 1. The molecule has 9 nitrogen and oxygen atoms in total. The van der Waals surface area contributed by atoms with Gasteiger partial charge >= 0.3 is 6.09 Å². The third-order valence-electron chi connectivity index (χ3n) is 4.49. The van der Waals surface area contributed by atoms with Crippen molar-refractivity contribution in [1.82, 2.24) is 25.1 Å². The van der Waals surface area contributed by atoms with E-state index in [-0.39, 0.29) is 6.54 Å². The summed E-state index contributed by atoms with van der Waals surface area (Å²) in [5.41, 5.74) is 1.12. The molecule has 1 saturated heterocycles. The predicted octanol–water partition coefficient (Wildman–Crippen LogP) is 2.12. The van der Waals surface area contributed by atoms with E-state index in [2.05, 4.69) is 15.5 Å². The van der Waals surface area contributed by atoms with Crippen molar-refractivity contribution < 1.29 is 19.4 Å². The number of ether oxygens (including phenoxy) is 2. The number of carbonyl (C=O) groups excluding carboxylic acids is 1. The summed E-state index contributed by atoms with van der Waals surface area (Å²) in [6.45, 7) is 6.66. The third-order valence-corrected chi connectivity index (χ3v) is 4.49. The predicted molar refractivity (Wildman–Crippen MR) is 106 cm³/mol. The fraction of sp³-hybridized carbons (Fsp3) is 0.500. The number of hydrogen-bond acceptors (Lipinski definition) is 7. The van der Waals surface area contributed by atoms with Gasteiger partial charge in [-0.3, -0.25) is 0 Å². The number of aliphatic hydroxyl groups is 1. The molecule has 0 aliphatic carbocycles. The summed E-state index contributed by atoms with van der Waals surface area (Å²) in [4.78, 5) is 14.0. The number of amides is 1. The Bertz CT molecular complexity index is 870. The third kappa shape index (κ3) is 5.54. The summed E-state index contributed by atoms with van der Waals surface area (Å²) in [5.74, 6) is 1.29. The Hall–Kier alpha value is -2.94. The minimum atomic E-state index is -0.653. The van der Waals surface area contributed by atoms with Gasteiger partial charge in [0.15, 0.2) is 5.82 Å². The molecular formula is C20H27N5O4. The van der Waals surface area contributed by atoms with Gasteiger partial charge in [-0.25, -0.2) is 9.48 Å². The Morgan fingerprint density at radius 1 is 1.31 bits per heavy atom. The molecule has 3 rings (SSSR count). The summed E-state index contributed by atoms with van der Waals surface area (Å²) in [5, 5.41) is 22.3. The second-order valence-corrected chi connectivity index (χ2v) is 7.97. The topological polar surface area (TPSA) is 103 Å². The maximum Gasteiger partial charge on any atom is 0.410 e. The molecule has 2 heterocycles. The second-order valence-electron chi connectivity index (χ2n) is 7.97. The van der Waals surface area contributed by atoms with Gasteiger partial charge in [-0.05, 0) is 67.0 Å². The lowest BCUT2D eigenvalue weighted by atomic mass is 10.0. The molecule has 1 aliphatic heterocycles. The van der Waals surface area contributed by atoms with Crippen molar-refractivity contribution >= 4 is 12.2 Å². The first-order chi connectivity index (χ1) is 13.7. The molecule has 1 amide bonds. The molecule has 1 N–H and O–H groups in total. The summed E-state index contributed by atoms with van der Waals surface area (Å²) in [6.07, 6.45) is 1.13. The quantitative estimate of drug-likeness (QED) is 0.837. The lowest BCUT2D eigenvalue weighted by Crippen LogP contribution is -2.44. The van der Waals surface area contributed by atoms with Gasteiger partial charge in [-0.15, -0.1) is 5.10 Å². The van der Waals surface area contributed by atoms with Gasteiger partial charge in [0.05, 0.1) is 19.8 Å². The standard InChI is InChI=1S/C20H27N5O4/c1-20(2,3)29-19(27)24-10-9-17(26)15(13-24)11-18-21-22-23-25(18)12-14-5-7-16(28-4)8-6-14/h5-8,11,17,26H,9-10,12-13H2,1-4H3/b15-11-. The highest BCUT2D eigenvalue weighted by atomic mass is 16.6. The van der Waals surface area contributed by atoms with E-state index in [0.29, 0.717) is 30.9 Å². The largest absolute Gasteiger partial charge is 0.497 e. The molecule has 1 unspecified atom stereocenters. The number of aromatic nitrogens is 4. The van der Waals surface area contributed by atoms with Crippen molar-refractivity contribution in [3.8, 4) is 5.75 Å². The van der Waals surface area contributed by atoms with E-state index in [9.17, 15) is 9.90 Å². The normalized spacial score (nSPS) is 18.7. The Kier molecular flexibility index (Phi) is 6.17. The lowest BCUT2D eigenvalue weighted by Gasteiger charge is -2.33. The number of tetrazole rings is 1. The maximum absolute atomic E-state index is 12.4. The number of benzene rings is 1. The zero-order valence-corrected chi connectivity index (χ0v) is 17.2. The molecule has 1 aromatic carbocycles. The number of piperidine rings is 1. The smallest absolute Gasteiger partial charge is 0.410 e. The Morgan fingerprint density at radius 2 is 2.03 bits per heavy atom. The van der Waals surface area contributed by atoms with Crippen LogP contribution < -0.4 is 4.74 Å². The number of likely N-dealkylation sites (tertiary alicyclic amines) is 1. The molecule has 1 aromatic heterocycles. The molecule has 0 spiro atoms. The molecule has 0 saturated carbocycles. The van der Waals surface area contributed by atoms with E-state index < -0.39 is 17.8 Å². The molecule has 1 fully saturated rings. The number of nitrogens with zero attached hydrogens (tertiary/aromatic N) is 5. The van der Waals surface area contributed by atoms with Crippen LogP contribution >= 0.6 is 0 Å². The molecule has 9 heteroatoms. The van der Waals surface area contributed by atoms with Crippen LogP contribution in [-0.4, -0.2) is 68.2 Å². The molecule has 0 bridgehead atoms. The SMILES string of the molecule is COc1ccc(Cn2nnnc2/C=C2/CN(C(=O)OC(C)(C)C)CCC2O)cc1. The highest BCUT2D eigenvalue weighted by molar-refractivity contribution is 5.69. The Labute approximate surface area is 169 Å². The van der Waals surface area contributed by atoms with Gasteiger partial charge in [0.1, 0.15) is 11.4 Å². The van der Waals surface area contributed by atoms with E-state index >= 15 is 0 Å². The van der Waals surface area contributed by atoms with Crippen LogP contribution in [-0.2, 0) is 11.3 Å². The number of hydrogen-bond donors (Lipinski definition) is 1. The average Bonchev–Trinajstić information content (AvgIpc) is 3.09. The first-order valence-electron chi connectivity index (χ1n) is 9.51. The number of methoxy groups -OCH3 is 1. The van der Waals surface area contributed by atoms with Crippen molar-refractivity contribution in [3.05, 3.63) is 41.2 Å². The van der Waals surface area contributed by atoms with Crippen LogP contribution in [0.4, 0.5) is 4.79 Å². The van der Waals surface area contributed by atoms with Gasteiger partial charge in [0.2, 0.25) is 0 Å². The van der Waals surface area contributed by atoms with Crippen LogP contribution in [0, 0.1) is 0 Å². The second kappa shape index (κ2) is 8.60. The summed E-state index contributed by atoms with van der Waals surface area (Å²) in [7, 11) is 1.62. The fourth-order valence-corrected chi connectivity index (χ4v) is 2.99. The van der Waals surface area contributed by atoms with Crippen LogP contribution in [0.1, 0.15) is 38.6 Å². The first-order valence-corrected chi connectivity index (χ1v) is 9.51. The highest BCUT2D eigenvalue weighted by Crippen LogP contribution is 2.21. The van der Waals surface area contributed by atoms with Crippen molar-refractivity contribution in [3.63, 3.8) is 0 Å². The van der Waals surface area contributed by atoms with Crippen LogP contribution in [0.5, 0.6) is 5.75 Å². The molecular weight excluding hydrogens is 374 g/mol. The van der Waals surface area contributed by atoms with Crippen molar-refractivity contribution in [2.75, 3.05) is 20.2 Å². The van der Waals surface area contributed by atoms with Crippen LogP contribution in [0.3, 0.4) is 0 Å².